The van der Waals surface area contributed by atoms with Gasteiger partial charge in [-0.1, -0.05) is 35.5 Å². The fourth-order valence-electron chi connectivity index (χ4n) is 1.95. The molecule has 0 saturated heterocycles. The first-order valence-electron chi connectivity index (χ1n) is 5.99. The molecular formula is C15H13N3O. The molecule has 4 heteroatoms. The summed E-state index contributed by atoms with van der Waals surface area (Å²) in [7, 11) is 0. The van der Waals surface area contributed by atoms with E-state index in [0.29, 0.717) is 17.4 Å². The number of benzene rings is 2. The normalized spacial score (nSPS) is 10.6. The van der Waals surface area contributed by atoms with Crippen molar-refractivity contribution in [3.63, 3.8) is 0 Å². The molecule has 1 aromatic heterocycles. The van der Waals surface area contributed by atoms with Gasteiger partial charge in [0.15, 0.2) is 0 Å². The van der Waals surface area contributed by atoms with Crippen LogP contribution in [0, 0.1) is 6.92 Å². The molecule has 0 radical (unpaired) electrons. The van der Waals surface area contributed by atoms with Gasteiger partial charge in [0.25, 0.3) is 5.89 Å². The molecule has 94 valence electrons. The number of nitrogens with zero attached hydrogens (tertiary/aromatic N) is 2. The van der Waals surface area contributed by atoms with Crippen LogP contribution in [0.3, 0.4) is 0 Å². The Labute approximate surface area is 110 Å². The minimum atomic E-state index is 0.477. The molecule has 1 heterocycles. The van der Waals surface area contributed by atoms with E-state index in [2.05, 4.69) is 10.1 Å². The Balaban J connectivity index is 2.03. The van der Waals surface area contributed by atoms with Crippen LogP contribution in [0.15, 0.2) is 53.1 Å². The summed E-state index contributed by atoms with van der Waals surface area (Å²) in [5.74, 6) is 1.07. The Hall–Kier alpha value is -2.62. The summed E-state index contributed by atoms with van der Waals surface area (Å²) >= 11 is 0. The van der Waals surface area contributed by atoms with Gasteiger partial charge in [0, 0.05) is 16.8 Å². The smallest absolute Gasteiger partial charge is 0.258 e. The summed E-state index contributed by atoms with van der Waals surface area (Å²) in [6.07, 6.45) is 0. The molecule has 4 nitrogen and oxygen atoms in total. The molecule has 0 aliphatic carbocycles. The molecule has 3 aromatic rings. The molecule has 0 fully saturated rings. The van der Waals surface area contributed by atoms with Crippen molar-refractivity contribution in [2.75, 3.05) is 5.73 Å². The second-order valence-corrected chi connectivity index (χ2v) is 4.36. The first-order valence-corrected chi connectivity index (χ1v) is 5.99. The number of aromatic nitrogens is 2. The molecule has 3 rings (SSSR count). The van der Waals surface area contributed by atoms with Gasteiger partial charge in [-0.3, -0.25) is 0 Å². The number of anilines is 1. The number of nitrogens with two attached hydrogens (primary N) is 1. The maximum absolute atomic E-state index is 5.75. The quantitative estimate of drug-likeness (QED) is 0.710. The van der Waals surface area contributed by atoms with Crippen LogP contribution in [-0.4, -0.2) is 10.1 Å². The molecular weight excluding hydrogens is 238 g/mol. The zero-order chi connectivity index (χ0) is 13.2. The highest BCUT2D eigenvalue weighted by molar-refractivity contribution is 5.64. The van der Waals surface area contributed by atoms with Crippen LogP contribution in [0.5, 0.6) is 0 Å². The van der Waals surface area contributed by atoms with E-state index in [-0.39, 0.29) is 0 Å². The number of rotatable bonds is 2. The van der Waals surface area contributed by atoms with Crippen LogP contribution in [0.25, 0.3) is 22.8 Å². The zero-order valence-corrected chi connectivity index (χ0v) is 10.5. The van der Waals surface area contributed by atoms with Crippen LogP contribution in [-0.2, 0) is 0 Å². The third-order valence-electron chi connectivity index (χ3n) is 2.95. The zero-order valence-electron chi connectivity index (χ0n) is 10.5. The van der Waals surface area contributed by atoms with Gasteiger partial charge in [0.1, 0.15) is 0 Å². The van der Waals surface area contributed by atoms with E-state index in [9.17, 15) is 0 Å². The summed E-state index contributed by atoms with van der Waals surface area (Å²) < 4.78 is 5.30. The van der Waals surface area contributed by atoms with E-state index in [1.165, 1.54) is 0 Å². The Bertz CT molecular complexity index is 719. The minimum absolute atomic E-state index is 0.477. The van der Waals surface area contributed by atoms with Gasteiger partial charge >= 0.3 is 0 Å². The largest absolute Gasteiger partial charge is 0.399 e. The molecule has 0 amide bonds. The lowest BCUT2D eigenvalue weighted by Crippen LogP contribution is -1.86. The molecule has 0 aliphatic rings. The summed E-state index contributed by atoms with van der Waals surface area (Å²) in [5, 5.41) is 4.03. The van der Waals surface area contributed by atoms with Crippen molar-refractivity contribution >= 4 is 5.69 Å². The van der Waals surface area contributed by atoms with Gasteiger partial charge in [-0.15, -0.1) is 0 Å². The van der Waals surface area contributed by atoms with E-state index in [0.717, 1.165) is 16.7 Å². The van der Waals surface area contributed by atoms with E-state index in [1.54, 1.807) is 0 Å². The number of aryl methyl sites for hydroxylation is 1. The Morgan fingerprint density at radius 3 is 2.68 bits per heavy atom. The van der Waals surface area contributed by atoms with Gasteiger partial charge in [-0.2, -0.15) is 4.98 Å². The maximum Gasteiger partial charge on any atom is 0.258 e. The molecule has 0 atom stereocenters. The average Bonchev–Trinajstić information content (AvgIpc) is 2.89. The molecule has 0 spiro atoms. The van der Waals surface area contributed by atoms with Crippen molar-refractivity contribution in [3.05, 3.63) is 54.1 Å². The Morgan fingerprint density at radius 1 is 1.05 bits per heavy atom. The third-order valence-corrected chi connectivity index (χ3v) is 2.95. The Morgan fingerprint density at radius 2 is 1.89 bits per heavy atom. The third kappa shape index (κ3) is 2.20. The summed E-state index contributed by atoms with van der Waals surface area (Å²) in [6, 6.07) is 15.3. The van der Waals surface area contributed by atoms with Gasteiger partial charge in [-0.05, 0) is 30.7 Å². The topological polar surface area (TPSA) is 64.9 Å². The molecule has 0 bridgehead atoms. The molecule has 0 unspecified atom stereocenters. The van der Waals surface area contributed by atoms with E-state index in [1.807, 2.05) is 55.5 Å². The monoisotopic (exact) mass is 251 g/mol. The molecule has 2 aromatic carbocycles. The fraction of sp³-hybridized carbons (Fsp3) is 0.0667. The summed E-state index contributed by atoms with van der Waals surface area (Å²) in [4.78, 5) is 4.42. The van der Waals surface area contributed by atoms with Crippen LogP contribution in [0.1, 0.15) is 5.56 Å². The lowest BCUT2D eigenvalue weighted by Gasteiger charge is -1.98. The standard InChI is InChI=1S/C15H13N3O/c1-10-5-2-3-8-13(10)14-17-15(19-18-14)11-6-4-7-12(16)9-11/h2-9H,16H2,1H3. The summed E-state index contributed by atoms with van der Waals surface area (Å²) in [5.41, 5.74) is 9.34. The van der Waals surface area contributed by atoms with E-state index < -0.39 is 0 Å². The predicted octanol–water partition coefficient (Wildman–Crippen LogP) is 3.29. The highest BCUT2D eigenvalue weighted by atomic mass is 16.5. The van der Waals surface area contributed by atoms with Crippen molar-refractivity contribution < 1.29 is 4.52 Å². The average molecular weight is 251 g/mol. The number of hydrogen-bond acceptors (Lipinski definition) is 4. The minimum Gasteiger partial charge on any atom is -0.399 e. The van der Waals surface area contributed by atoms with Crippen molar-refractivity contribution in [3.8, 4) is 22.8 Å². The van der Waals surface area contributed by atoms with Crippen LogP contribution in [0.2, 0.25) is 0 Å². The van der Waals surface area contributed by atoms with Crippen molar-refractivity contribution in [1.82, 2.24) is 10.1 Å². The predicted molar refractivity (Wildman–Crippen MR) is 74.3 cm³/mol. The molecule has 2 N–H and O–H groups in total. The van der Waals surface area contributed by atoms with Gasteiger partial charge < -0.3 is 10.3 Å². The van der Waals surface area contributed by atoms with Gasteiger partial charge in [-0.25, -0.2) is 0 Å². The van der Waals surface area contributed by atoms with Gasteiger partial charge in [0.05, 0.1) is 0 Å². The van der Waals surface area contributed by atoms with Gasteiger partial charge in [0.2, 0.25) is 5.82 Å². The second kappa shape index (κ2) is 4.57. The second-order valence-electron chi connectivity index (χ2n) is 4.36. The number of nitrogen functional groups attached to an aromatic ring is 1. The van der Waals surface area contributed by atoms with Crippen molar-refractivity contribution in [1.29, 1.82) is 0 Å². The Kier molecular flexibility index (Phi) is 2.76. The molecule has 0 aliphatic heterocycles. The number of hydrogen-bond donors (Lipinski definition) is 1. The molecule has 19 heavy (non-hydrogen) atoms. The SMILES string of the molecule is Cc1ccccc1-c1noc(-c2cccc(N)c2)n1. The highest BCUT2D eigenvalue weighted by Crippen LogP contribution is 2.25. The highest BCUT2D eigenvalue weighted by Gasteiger charge is 2.11. The van der Waals surface area contributed by atoms with Crippen LogP contribution in [0.4, 0.5) is 5.69 Å². The van der Waals surface area contributed by atoms with Crippen molar-refractivity contribution in [2.24, 2.45) is 0 Å². The lowest BCUT2D eigenvalue weighted by atomic mass is 10.1. The van der Waals surface area contributed by atoms with Crippen molar-refractivity contribution in [2.45, 2.75) is 6.92 Å². The first-order chi connectivity index (χ1) is 9.24. The first kappa shape index (κ1) is 11.5. The van der Waals surface area contributed by atoms with E-state index >= 15 is 0 Å². The van der Waals surface area contributed by atoms with Crippen LogP contribution < -0.4 is 5.73 Å². The fourth-order valence-corrected chi connectivity index (χ4v) is 1.95. The maximum atomic E-state index is 5.75. The summed E-state index contributed by atoms with van der Waals surface area (Å²) in [6.45, 7) is 2.02. The molecule has 0 saturated carbocycles. The lowest BCUT2D eigenvalue weighted by molar-refractivity contribution is 0.432. The van der Waals surface area contributed by atoms with Crippen LogP contribution >= 0.6 is 0 Å². The van der Waals surface area contributed by atoms with E-state index in [4.69, 9.17) is 10.3 Å².